The molecule has 3 heterocycles. The second kappa shape index (κ2) is 16.4. The van der Waals surface area contributed by atoms with Crippen molar-refractivity contribution in [1.29, 1.82) is 0 Å². The van der Waals surface area contributed by atoms with E-state index in [1.807, 2.05) is 71.5 Å². The predicted octanol–water partition coefficient (Wildman–Crippen LogP) is 6.87. The molecular formula is C41H44Cl2N6O5. The maximum atomic E-state index is 13.1. The van der Waals surface area contributed by atoms with Crippen LogP contribution in [0, 0.1) is 5.92 Å². The van der Waals surface area contributed by atoms with Gasteiger partial charge in [0.2, 0.25) is 5.91 Å². The van der Waals surface area contributed by atoms with Crippen molar-refractivity contribution in [3.05, 3.63) is 104 Å². The molecule has 7 rings (SSSR count). The van der Waals surface area contributed by atoms with Gasteiger partial charge in [-0.15, -0.1) is 0 Å². The number of aliphatic carboxylic acids is 1. The summed E-state index contributed by atoms with van der Waals surface area (Å²) in [6.07, 6.45) is 6.25. The first-order chi connectivity index (χ1) is 26.1. The van der Waals surface area contributed by atoms with Crippen molar-refractivity contribution in [1.82, 2.24) is 30.3 Å². The van der Waals surface area contributed by atoms with Gasteiger partial charge in [0.05, 0.1) is 36.3 Å². The van der Waals surface area contributed by atoms with E-state index in [9.17, 15) is 19.5 Å². The average molecular weight is 772 g/mol. The van der Waals surface area contributed by atoms with Gasteiger partial charge in [-0.1, -0.05) is 59.6 Å². The molecule has 4 N–H and O–H groups in total. The monoisotopic (exact) mass is 770 g/mol. The van der Waals surface area contributed by atoms with Gasteiger partial charge in [0.1, 0.15) is 5.75 Å². The zero-order valence-electron chi connectivity index (χ0n) is 30.3. The second-order valence-corrected chi connectivity index (χ2v) is 15.2. The fourth-order valence-electron chi connectivity index (χ4n) is 7.82. The van der Waals surface area contributed by atoms with Gasteiger partial charge >= 0.3 is 5.97 Å². The number of pyridine rings is 1. The number of nitrogens with one attached hydrogen (secondary N) is 3. The molecule has 3 aromatic carbocycles. The number of ether oxygens (including phenoxy) is 1. The Hall–Kier alpha value is -4.68. The molecule has 1 aliphatic carbocycles. The van der Waals surface area contributed by atoms with Gasteiger partial charge < -0.3 is 25.5 Å². The number of hydrogen-bond donors (Lipinski definition) is 4. The van der Waals surface area contributed by atoms with Gasteiger partial charge in [-0.3, -0.25) is 24.0 Å². The molecule has 1 atom stereocenters. The fraction of sp³-hybridized carbons (Fsp3) is 0.366. The number of carboxylic acids is 1. The summed E-state index contributed by atoms with van der Waals surface area (Å²) in [4.78, 5) is 41.2. The molecule has 2 aromatic heterocycles. The van der Waals surface area contributed by atoms with Crippen LogP contribution in [0.3, 0.4) is 0 Å². The molecule has 1 saturated heterocycles. The van der Waals surface area contributed by atoms with Gasteiger partial charge in [-0.2, -0.15) is 5.10 Å². The van der Waals surface area contributed by atoms with E-state index in [-0.39, 0.29) is 23.4 Å². The van der Waals surface area contributed by atoms with E-state index in [0.717, 1.165) is 58.2 Å². The summed E-state index contributed by atoms with van der Waals surface area (Å²) in [7, 11) is 3.73. The molecule has 2 fully saturated rings. The van der Waals surface area contributed by atoms with Gasteiger partial charge in [0.25, 0.3) is 5.56 Å². The number of amides is 1. The zero-order valence-corrected chi connectivity index (χ0v) is 31.8. The molecule has 13 heteroatoms. The van der Waals surface area contributed by atoms with E-state index in [0.29, 0.717) is 78.3 Å². The lowest BCUT2D eigenvalue weighted by Gasteiger charge is -2.33. The molecule has 0 spiro atoms. The molecule has 1 aliphatic heterocycles. The number of carbonyl (C=O) groups is 2. The highest BCUT2D eigenvalue weighted by molar-refractivity contribution is 6.36. The third-order valence-electron chi connectivity index (χ3n) is 10.9. The summed E-state index contributed by atoms with van der Waals surface area (Å²) in [5.41, 5.74) is 6.20. The largest absolute Gasteiger partial charge is 0.496 e. The molecule has 54 heavy (non-hydrogen) atoms. The maximum absolute atomic E-state index is 13.1. The summed E-state index contributed by atoms with van der Waals surface area (Å²) in [6, 6.07) is 19.8. The van der Waals surface area contributed by atoms with E-state index in [1.165, 1.54) is 0 Å². The Bertz CT molecular complexity index is 2250. The molecular weight excluding hydrogens is 727 g/mol. The maximum Gasteiger partial charge on any atom is 0.306 e. The van der Waals surface area contributed by atoms with Gasteiger partial charge in [-0.25, -0.2) is 0 Å². The average Bonchev–Trinajstić information content (AvgIpc) is 3.78. The smallest absolute Gasteiger partial charge is 0.306 e. The Kier molecular flexibility index (Phi) is 11.4. The molecule has 5 aromatic rings. The molecule has 1 amide bonds. The van der Waals surface area contributed by atoms with Crippen LogP contribution in [-0.2, 0) is 29.2 Å². The van der Waals surface area contributed by atoms with Crippen molar-refractivity contribution in [2.24, 2.45) is 5.92 Å². The van der Waals surface area contributed by atoms with Crippen LogP contribution in [0.15, 0.2) is 71.7 Å². The minimum atomic E-state index is -0.700. The Morgan fingerprint density at radius 2 is 1.74 bits per heavy atom. The number of carboxylic acid groups (broad SMARTS) is 1. The summed E-state index contributed by atoms with van der Waals surface area (Å²) in [5.74, 6) is -0.146. The summed E-state index contributed by atoms with van der Waals surface area (Å²) >= 11 is 14.0. The Morgan fingerprint density at radius 1 is 0.981 bits per heavy atom. The first kappa shape index (κ1) is 37.6. The van der Waals surface area contributed by atoms with Crippen LogP contribution in [0.1, 0.15) is 55.2 Å². The number of fused-ring (bicyclic) bond motifs is 1. The zero-order chi connectivity index (χ0) is 37.9. The standard InChI is InChI=1S/C41H44Cl2N6O5/c1-48(29-13-9-24(10-14-29)41(52)53)22-27-17-34(42)26(18-37(27)54-2)23-49-36-8-4-5-30(33(36)21-45-49)31-6-3-7-32(39(31)43)35-15-11-25(40(51)47-35)19-44-20-28-12-16-38(50)46-28/h3-8,11,15,17-18,21,24,28-29,44H,9-10,12-14,16,19-20,22-23H2,1-2H3,(H,46,50)(H,47,51)(H,52,53). The third kappa shape index (κ3) is 8.05. The lowest BCUT2D eigenvalue weighted by atomic mass is 9.85. The molecule has 1 saturated carbocycles. The van der Waals surface area contributed by atoms with Crippen LogP contribution in [0.4, 0.5) is 0 Å². The summed E-state index contributed by atoms with van der Waals surface area (Å²) < 4.78 is 7.74. The predicted molar refractivity (Wildman–Crippen MR) is 211 cm³/mol. The lowest BCUT2D eigenvalue weighted by Crippen LogP contribution is -2.36. The number of aromatic amines is 1. The van der Waals surface area contributed by atoms with E-state index < -0.39 is 5.97 Å². The van der Waals surface area contributed by atoms with E-state index in [1.54, 1.807) is 7.11 Å². The number of nitrogens with zero attached hydrogens (tertiary/aromatic N) is 3. The highest BCUT2D eigenvalue weighted by atomic mass is 35.5. The summed E-state index contributed by atoms with van der Waals surface area (Å²) in [5, 5.41) is 22.4. The summed E-state index contributed by atoms with van der Waals surface area (Å²) in [6.45, 7) is 2.05. The molecule has 11 nitrogen and oxygen atoms in total. The number of carbonyl (C=O) groups excluding carboxylic acids is 1. The van der Waals surface area contributed by atoms with Crippen LogP contribution < -0.4 is 20.9 Å². The topological polar surface area (TPSA) is 142 Å². The van der Waals surface area contributed by atoms with Gasteiger partial charge in [0, 0.05) is 76.5 Å². The minimum absolute atomic E-state index is 0.0664. The number of halogens is 2. The number of rotatable bonds is 13. The van der Waals surface area contributed by atoms with Crippen molar-refractivity contribution in [3.63, 3.8) is 0 Å². The quantitative estimate of drug-likeness (QED) is 0.102. The number of hydrogen-bond acceptors (Lipinski definition) is 7. The first-order valence-corrected chi connectivity index (χ1v) is 19.1. The molecule has 2 aliphatic rings. The number of aromatic nitrogens is 3. The van der Waals surface area contributed by atoms with Crippen molar-refractivity contribution >= 4 is 46.0 Å². The van der Waals surface area contributed by atoms with Crippen LogP contribution in [0.5, 0.6) is 5.75 Å². The highest BCUT2D eigenvalue weighted by Gasteiger charge is 2.28. The molecule has 1 unspecified atom stereocenters. The molecule has 0 radical (unpaired) electrons. The van der Waals surface area contributed by atoms with Crippen LogP contribution in [0.2, 0.25) is 10.0 Å². The molecule has 0 bridgehead atoms. The van der Waals surface area contributed by atoms with Crippen LogP contribution >= 0.6 is 23.2 Å². The number of methoxy groups -OCH3 is 1. The van der Waals surface area contributed by atoms with Crippen molar-refractivity contribution in [2.45, 2.75) is 70.2 Å². The SMILES string of the molecule is COc1cc(Cn2ncc3c(-c4cccc(-c5ccc(CNCC6CCC(=O)N6)c(=O)[nH]5)c4Cl)cccc32)c(Cl)cc1CN(C)C1CCC(C(=O)O)CC1. The van der Waals surface area contributed by atoms with Crippen molar-refractivity contribution in [3.8, 4) is 28.1 Å². The number of benzene rings is 3. The first-order valence-electron chi connectivity index (χ1n) is 18.3. The van der Waals surface area contributed by atoms with Crippen molar-refractivity contribution in [2.75, 3.05) is 20.7 Å². The Morgan fingerprint density at radius 3 is 2.46 bits per heavy atom. The van der Waals surface area contributed by atoms with Crippen LogP contribution in [0.25, 0.3) is 33.3 Å². The van der Waals surface area contributed by atoms with Gasteiger partial charge in [0.15, 0.2) is 0 Å². The molecule has 282 valence electrons. The number of H-pyrrole nitrogens is 1. The van der Waals surface area contributed by atoms with E-state index in [2.05, 4.69) is 27.6 Å². The van der Waals surface area contributed by atoms with Gasteiger partial charge in [-0.05, 0) is 74.5 Å². The third-order valence-corrected chi connectivity index (χ3v) is 11.7. The highest BCUT2D eigenvalue weighted by Crippen LogP contribution is 2.39. The van der Waals surface area contributed by atoms with E-state index in [4.69, 9.17) is 33.0 Å². The normalized spacial score (nSPS) is 18.7. The Balaban J connectivity index is 1.08. The lowest BCUT2D eigenvalue weighted by molar-refractivity contribution is -0.143. The minimum Gasteiger partial charge on any atom is -0.496 e. The van der Waals surface area contributed by atoms with Crippen molar-refractivity contribution < 1.29 is 19.4 Å². The van der Waals surface area contributed by atoms with E-state index >= 15 is 0 Å². The fourth-order valence-corrected chi connectivity index (χ4v) is 8.39. The Labute approximate surface area is 323 Å². The van der Waals surface area contributed by atoms with Crippen LogP contribution in [-0.4, -0.2) is 69.4 Å². The second-order valence-electron chi connectivity index (χ2n) is 14.4.